The zero-order valence-electron chi connectivity index (χ0n) is 8.71. The molecule has 0 aromatic heterocycles. The Morgan fingerprint density at radius 2 is 2.29 bits per heavy atom. The second-order valence-corrected chi connectivity index (χ2v) is 4.33. The highest BCUT2D eigenvalue weighted by Crippen LogP contribution is 2.27. The lowest BCUT2D eigenvalue weighted by molar-refractivity contribution is -0.162. The SMILES string of the molecule is CN1CC2(CCCNCC2)OCC1=O. The summed E-state index contributed by atoms with van der Waals surface area (Å²) >= 11 is 0. The van der Waals surface area contributed by atoms with Crippen LogP contribution in [0.5, 0.6) is 0 Å². The van der Waals surface area contributed by atoms with Crippen molar-refractivity contribution < 1.29 is 9.53 Å². The number of ether oxygens (including phenoxy) is 1. The Morgan fingerprint density at radius 3 is 3.07 bits per heavy atom. The molecule has 1 unspecified atom stereocenters. The number of hydrogen-bond donors (Lipinski definition) is 1. The second-order valence-electron chi connectivity index (χ2n) is 4.33. The molecule has 0 radical (unpaired) electrons. The first-order chi connectivity index (χ1) is 6.72. The van der Waals surface area contributed by atoms with Gasteiger partial charge in [0, 0.05) is 13.6 Å². The smallest absolute Gasteiger partial charge is 0.248 e. The molecule has 4 heteroatoms. The van der Waals surface area contributed by atoms with Crippen molar-refractivity contribution >= 4 is 5.91 Å². The third kappa shape index (κ3) is 1.91. The highest BCUT2D eigenvalue weighted by Gasteiger charge is 2.38. The maximum atomic E-state index is 11.3. The first-order valence-electron chi connectivity index (χ1n) is 5.31. The van der Waals surface area contributed by atoms with Gasteiger partial charge in [0.2, 0.25) is 5.91 Å². The third-order valence-corrected chi connectivity index (χ3v) is 3.20. The summed E-state index contributed by atoms with van der Waals surface area (Å²) in [5.41, 5.74) is -0.0633. The summed E-state index contributed by atoms with van der Waals surface area (Å²) in [7, 11) is 1.87. The lowest BCUT2D eigenvalue weighted by Gasteiger charge is -2.40. The van der Waals surface area contributed by atoms with E-state index in [0.29, 0.717) is 0 Å². The number of amides is 1. The Morgan fingerprint density at radius 1 is 1.43 bits per heavy atom. The third-order valence-electron chi connectivity index (χ3n) is 3.20. The van der Waals surface area contributed by atoms with Crippen LogP contribution >= 0.6 is 0 Å². The summed E-state index contributed by atoms with van der Waals surface area (Å²) in [6, 6.07) is 0. The molecule has 2 saturated heterocycles. The van der Waals surface area contributed by atoms with Gasteiger partial charge in [-0.2, -0.15) is 0 Å². The summed E-state index contributed by atoms with van der Waals surface area (Å²) in [5.74, 6) is 0.104. The summed E-state index contributed by atoms with van der Waals surface area (Å²) in [4.78, 5) is 13.1. The molecule has 2 rings (SSSR count). The maximum Gasteiger partial charge on any atom is 0.248 e. The van der Waals surface area contributed by atoms with Crippen LogP contribution < -0.4 is 5.32 Å². The summed E-state index contributed by atoms with van der Waals surface area (Å²) in [6.45, 7) is 3.09. The number of nitrogens with zero attached hydrogens (tertiary/aromatic N) is 1. The molecule has 2 aliphatic rings. The monoisotopic (exact) mass is 198 g/mol. The molecule has 0 aliphatic carbocycles. The molecule has 1 amide bonds. The van der Waals surface area contributed by atoms with E-state index in [1.807, 2.05) is 7.05 Å². The Labute approximate surface area is 84.6 Å². The summed E-state index contributed by atoms with van der Waals surface area (Å²) < 4.78 is 5.74. The molecule has 1 spiro atoms. The van der Waals surface area contributed by atoms with Crippen LogP contribution in [0.2, 0.25) is 0 Å². The molecule has 0 bridgehead atoms. The standard InChI is InChI=1S/C10H18N2O2/c1-12-8-10(14-7-9(12)13)3-2-5-11-6-4-10/h11H,2-8H2,1H3. The molecule has 2 aliphatic heterocycles. The van der Waals surface area contributed by atoms with Crippen molar-refractivity contribution in [1.29, 1.82) is 0 Å². The maximum absolute atomic E-state index is 11.3. The molecule has 1 atom stereocenters. The Kier molecular flexibility index (Phi) is 2.74. The molecule has 0 saturated carbocycles. The van der Waals surface area contributed by atoms with Crippen LogP contribution in [-0.2, 0) is 9.53 Å². The predicted molar refractivity (Wildman–Crippen MR) is 53.0 cm³/mol. The molecule has 0 aromatic rings. The van der Waals surface area contributed by atoms with E-state index < -0.39 is 0 Å². The van der Waals surface area contributed by atoms with Gasteiger partial charge in [-0.1, -0.05) is 0 Å². The fourth-order valence-corrected chi connectivity index (χ4v) is 2.30. The second kappa shape index (κ2) is 3.87. The summed E-state index contributed by atoms with van der Waals surface area (Å²) in [6.07, 6.45) is 3.23. The topological polar surface area (TPSA) is 41.6 Å². The number of nitrogens with one attached hydrogen (secondary N) is 1. The molecule has 2 heterocycles. The zero-order chi connectivity index (χ0) is 10.0. The van der Waals surface area contributed by atoms with Crippen LogP contribution in [0.4, 0.5) is 0 Å². The van der Waals surface area contributed by atoms with E-state index in [0.717, 1.165) is 38.9 Å². The Bertz CT molecular complexity index is 222. The lowest BCUT2D eigenvalue weighted by atomic mass is 9.92. The zero-order valence-corrected chi connectivity index (χ0v) is 8.71. The van der Waals surface area contributed by atoms with Crippen LogP contribution in [0.25, 0.3) is 0 Å². The van der Waals surface area contributed by atoms with Gasteiger partial charge >= 0.3 is 0 Å². The molecule has 2 fully saturated rings. The molecular weight excluding hydrogens is 180 g/mol. The minimum Gasteiger partial charge on any atom is -0.363 e. The number of hydrogen-bond acceptors (Lipinski definition) is 3. The molecule has 4 nitrogen and oxygen atoms in total. The first-order valence-corrected chi connectivity index (χ1v) is 5.31. The number of morpholine rings is 1. The van der Waals surface area contributed by atoms with E-state index in [1.54, 1.807) is 4.90 Å². The van der Waals surface area contributed by atoms with E-state index in [1.165, 1.54) is 0 Å². The van der Waals surface area contributed by atoms with Crippen LogP contribution in [0.15, 0.2) is 0 Å². The number of rotatable bonds is 0. The van der Waals surface area contributed by atoms with Crippen molar-refractivity contribution in [3.05, 3.63) is 0 Å². The fraction of sp³-hybridized carbons (Fsp3) is 0.900. The average Bonchev–Trinajstić information content (AvgIpc) is 2.39. The van der Waals surface area contributed by atoms with E-state index in [4.69, 9.17) is 4.74 Å². The van der Waals surface area contributed by atoms with Gasteiger partial charge in [0.05, 0.1) is 5.60 Å². The number of carbonyl (C=O) groups is 1. The quantitative estimate of drug-likeness (QED) is 0.595. The average molecular weight is 198 g/mol. The van der Waals surface area contributed by atoms with Gasteiger partial charge in [-0.25, -0.2) is 0 Å². The van der Waals surface area contributed by atoms with Crippen LogP contribution in [0, 0.1) is 0 Å². The Balaban J connectivity index is 2.03. The van der Waals surface area contributed by atoms with Gasteiger partial charge < -0.3 is 15.0 Å². The van der Waals surface area contributed by atoms with Crippen molar-refractivity contribution in [2.24, 2.45) is 0 Å². The number of carbonyl (C=O) groups excluding carboxylic acids is 1. The highest BCUT2D eigenvalue weighted by atomic mass is 16.5. The molecule has 14 heavy (non-hydrogen) atoms. The van der Waals surface area contributed by atoms with Gasteiger partial charge in [0.25, 0.3) is 0 Å². The van der Waals surface area contributed by atoms with E-state index in [9.17, 15) is 4.79 Å². The van der Waals surface area contributed by atoms with Crippen molar-refractivity contribution in [2.75, 3.05) is 33.3 Å². The first kappa shape index (κ1) is 9.93. The van der Waals surface area contributed by atoms with Crippen LogP contribution in [0.1, 0.15) is 19.3 Å². The lowest BCUT2D eigenvalue weighted by Crippen LogP contribution is -2.53. The van der Waals surface area contributed by atoms with E-state index >= 15 is 0 Å². The molecular formula is C10H18N2O2. The van der Waals surface area contributed by atoms with Gasteiger partial charge in [0.1, 0.15) is 6.61 Å². The van der Waals surface area contributed by atoms with Gasteiger partial charge in [0.15, 0.2) is 0 Å². The largest absolute Gasteiger partial charge is 0.363 e. The molecule has 80 valence electrons. The fourth-order valence-electron chi connectivity index (χ4n) is 2.30. The molecule has 0 aromatic carbocycles. The van der Waals surface area contributed by atoms with Crippen LogP contribution in [0.3, 0.4) is 0 Å². The van der Waals surface area contributed by atoms with Crippen molar-refractivity contribution in [3.63, 3.8) is 0 Å². The highest BCUT2D eigenvalue weighted by molar-refractivity contribution is 5.78. The normalized spacial score (nSPS) is 34.6. The predicted octanol–water partition coefficient (Wildman–Crippen LogP) is -0.0127. The van der Waals surface area contributed by atoms with Gasteiger partial charge in [-0.3, -0.25) is 4.79 Å². The van der Waals surface area contributed by atoms with Crippen molar-refractivity contribution in [3.8, 4) is 0 Å². The van der Waals surface area contributed by atoms with Gasteiger partial charge in [-0.15, -0.1) is 0 Å². The number of likely N-dealkylation sites (N-methyl/N-ethyl adjacent to an activating group) is 1. The summed E-state index contributed by atoms with van der Waals surface area (Å²) in [5, 5.41) is 3.36. The van der Waals surface area contributed by atoms with Gasteiger partial charge in [-0.05, 0) is 32.4 Å². The molecule has 1 N–H and O–H groups in total. The minimum atomic E-state index is -0.0633. The minimum absolute atomic E-state index is 0.0633. The van der Waals surface area contributed by atoms with Crippen molar-refractivity contribution in [2.45, 2.75) is 24.9 Å². The Hall–Kier alpha value is -0.610. The van der Waals surface area contributed by atoms with Crippen LogP contribution in [-0.4, -0.2) is 49.7 Å². The van der Waals surface area contributed by atoms with Crippen molar-refractivity contribution in [1.82, 2.24) is 10.2 Å². The van der Waals surface area contributed by atoms with E-state index in [2.05, 4.69) is 5.32 Å². The van der Waals surface area contributed by atoms with E-state index in [-0.39, 0.29) is 18.1 Å².